The molecule has 2 heteroatoms. The van der Waals surface area contributed by atoms with Crippen LogP contribution in [-0.2, 0) is 0 Å². The van der Waals surface area contributed by atoms with E-state index >= 15 is 0 Å². The highest BCUT2D eigenvalue weighted by molar-refractivity contribution is 5.25. The first kappa shape index (κ1) is 10.4. The van der Waals surface area contributed by atoms with Crippen molar-refractivity contribution >= 4 is 0 Å². The van der Waals surface area contributed by atoms with Crippen LogP contribution in [0.3, 0.4) is 0 Å². The highest BCUT2D eigenvalue weighted by atomic mass is 16.4. The second kappa shape index (κ2) is 2.19. The number of hydrogen-bond donors (Lipinski definition) is 2. The monoisotopic (exact) mass is 198 g/mol. The number of aliphatic hydroxyl groups is 2. The Hall–Kier alpha value is -0.0800. The molecule has 14 heavy (non-hydrogen) atoms. The van der Waals surface area contributed by atoms with Crippen molar-refractivity contribution in [2.75, 3.05) is 0 Å². The smallest absolute Gasteiger partial charge is 0.0963 e. The summed E-state index contributed by atoms with van der Waals surface area (Å²) in [5.74, 6) is 0.218. The molecule has 0 aromatic carbocycles. The van der Waals surface area contributed by atoms with Gasteiger partial charge in [0.1, 0.15) is 0 Å². The first-order valence-electron chi connectivity index (χ1n) is 5.54. The Morgan fingerprint density at radius 1 is 1.00 bits per heavy atom. The van der Waals surface area contributed by atoms with Crippen LogP contribution in [-0.4, -0.2) is 21.4 Å². The van der Waals surface area contributed by atoms with Crippen LogP contribution in [0.4, 0.5) is 0 Å². The molecular weight excluding hydrogens is 176 g/mol. The minimum Gasteiger partial charge on any atom is -0.387 e. The zero-order chi connectivity index (χ0) is 11.0. The van der Waals surface area contributed by atoms with Crippen molar-refractivity contribution in [1.29, 1.82) is 0 Å². The predicted molar refractivity (Wildman–Crippen MR) is 55.9 cm³/mol. The number of rotatable bonds is 0. The van der Waals surface area contributed by atoms with Crippen LogP contribution in [0.2, 0.25) is 0 Å². The van der Waals surface area contributed by atoms with Gasteiger partial charge in [-0.05, 0) is 38.0 Å². The molecular formula is C12H22O2. The summed E-state index contributed by atoms with van der Waals surface area (Å²) in [4.78, 5) is 0. The molecule has 2 nitrogen and oxygen atoms in total. The van der Waals surface area contributed by atoms with Crippen LogP contribution < -0.4 is 0 Å². The molecule has 4 atom stereocenters. The normalized spacial score (nSPS) is 60.6. The molecule has 0 aromatic heterocycles. The largest absolute Gasteiger partial charge is 0.387 e. The summed E-state index contributed by atoms with van der Waals surface area (Å²) in [6, 6.07) is 0. The van der Waals surface area contributed by atoms with Gasteiger partial charge in [0, 0.05) is 5.41 Å². The summed E-state index contributed by atoms with van der Waals surface area (Å²) in [7, 11) is 0. The third-order valence-electron chi connectivity index (χ3n) is 5.96. The Kier molecular flexibility index (Phi) is 1.64. The summed E-state index contributed by atoms with van der Waals surface area (Å²) in [5.41, 5.74) is -2.04. The lowest BCUT2D eigenvalue weighted by Gasteiger charge is -2.47. The Labute approximate surface area is 86.3 Å². The van der Waals surface area contributed by atoms with Gasteiger partial charge in [0.05, 0.1) is 11.2 Å². The average molecular weight is 198 g/mol. The molecule has 2 N–H and O–H groups in total. The maximum absolute atomic E-state index is 10.6. The van der Waals surface area contributed by atoms with Crippen LogP contribution in [0.5, 0.6) is 0 Å². The molecule has 0 heterocycles. The molecule has 0 spiro atoms. The van der Waals surface area contributed by atoms with Gasteiger partial charge in [0.15, 0.2) is 0 Å². The van der Waals surface area contributed by atoms with E-state index < -0.39 is 11.2 Å². The highest BCUT2D eigenvalue weighted by Crippen LogP contribution is 2.72. The quantitative estimate of drug-likeness (QED) is 0.624. The van der Waals surface area contributed by atoms with Gasteiger partial charge in [0.25, 0.3) is 0 Å². The van der Waals surface area contributed by atoms with Gasteiger partial charge in [-0.2, -0.15) is 0 Å². The van der Waals surface area contributed by atoms with Crippen molar-refractivity contribution in [2.45, 2.75) is 58.7 Å². The molecule has 2 bridgehead atoms. The summed E-state index contributed by atoms with van der Waals surface area (Å²) in [6.07, 6.45) is 2.06. The van der Waals surface area contributed by atoms with Gasteiger partial charge in [0.2, 0.25) is 0 Å². The van der Waals surface area contributed by atoms with E-state index in [1.54, 1.807) is 13.8 Å². The van der Waals surface area contributed by atoms with Gasteiger partial charge >= 0.3 is 0 Å². The zero-order valence-corrected chi connectivity index (χ0v) is 9.89. The highest BCUT2D eigenvalue weighted by Gasteiger charge is 2.76. The molecule has 2 aliphatic carbocycles. The van der Waals surface area contributed by atoms with E-state index in [-0.39, 0.29) is 16.7 Å². The predicted octanol–water partition coefficient (Wildman–Crippen LogP) is 1.94. The van der Waals surface area contributed by atoms with Crippen molar-refractivity contribution in [3.8, 4) is 0 Å². The maximum atomic E-state index is 10.6. The second-order valence-electron chi connectivity index (χ2n) is 6.36. The standard InChI is InChI=1S/C12H22O2/c1-9(2)8-6-7-10(9,3)12(5,14)11(8,4)13/h8,13-14H,6-7H2,1-5H3/t8-,10-,11+,12+/m1/s1. The van der Waals surface area contributed by atoms with Gasteiger partial charge in [-0.3, -0.25) is 0 Å². The number of fused-ring (bicyclic) bond motifs is 2. The summed E-state index contributed by atoms with van der Waals surface area (Å²) < 4.78 is 0. The lowest BCUT2D eigenvalue weighted by atomic mass is 9.63. The first-order chi connectivity index (χ1) is 6.09. The van der Waals surface area contributed by atoms with Crippen molar-refractivity contribution in [3.63, 3.8) is 0 Å². The summed E-state index contributed by atoms with van der Waals surface area (Å²) in [5, 5.41) is 21.0. The molecule has 82 valence electrons. The Morgan fingerprint density at radius 2 is 1.50 bits per heavy atom. The van der Waals surface area contributed by atoms with Crippen LogP contribution in [0.15, 0.2) is 0 Å². The molecule has 2 saturated carbocycles. The van der Waals surface area contributed by atoms with Crippen LogP contribution in [0.25, 0.3) is 0 Å². The first-order valence-corrected chi connectivity index (χ1v) is 5.54. The molecule has 0 unspecified atom stereocenters. The third-order valence-corrected chi connectivity index (χ3v) is 5.96. The summed E-state index contributed by atoms with van der Waals surface area (Å²) in [6.45, 7) is 10.1. The molecule has 0 amide bonds. The van der Waals surface area contributed by atoms with Gasteiger partial charge in [-0.15, -0.1) is 0 Å². The van der Waals surface area contributed by atoms with Crippen molar-refractivity contribution in [3.05, 3.63) is 0 Å². The fraction of sp³-hybridized carbons (Fsp3) is 1.00. The van der Waals surface area contributed by atoms with E-state index in [1.807, 2.05) is 0 Å². The third kappa shape index (κ3) is 0.704. The molecule has 2 rings (SSSR count). The maximum Gasteiger partial charge on any atom is 0.0963 e. The SMILES string of the molecule is CC1(C)[C@H]2CC[C@@]1(C)[C@](C)(O)[C@@]2(C)O. The van der Waals surface area contributed by atoms with Crippen LogP contribution in [0, 0.1) is 16.7 Å². The fourth-order valence-electron chi connectivity index (χ4n) is 4.25. The molecule has 0 saturated heterocycles. The van der Waals surface area contributed by atoms with E-state index in [4.69, 9.17) is 0 Å². The lowest BCUT2D eigenvalue weighted by Crippen LogP contribution is -2.58. The van der Waals surface area contributed by atoms with E-state index in [0.29, 0.717) is 0 Å². The van der Waals surface area contributed by atoms with Crippen LogP contribution in [0.1, 0.15) is 47.5 Å². The Bertz CT molecular complexity index is 270. The lowest BCUT2D eigenvalue weighted by molar-refractivity contribution is -0.186. The average Bonchev–Trinajstić information content (AvgIpc) is 2.26. The fourth-order valence-corrected chi connectivity index (χ4v) is 4.25. The van der Waals surface area contributed by atoms with Crippen molar-refractivity contribution in [2.24, 2.45) is 16.7 Å². The van der Waals surface area contributed by atoms with E-state index in [1.165, 1.54) is 0 Å². The Balaban J connectivity index is 2.62. The Morgan fingerprint density at radius 3 is 1.71 bits per heavy atom. The minimum atomic E-state index is -0.966. The van der Waals surface area contributed by atoms with Crippen molar-refractivity contribution < 1.29 is 10.2 Å². The molecule has 2 fully saturated rings. The molecule has 0 aliphatic heterocycles. The summed E-state index contributed by atoms with van der Waals surface area (Å²) >= 11 is 0. The zero-order valence-electron chi connectivity index (χ0n) is 9.89. The number of hydrogen-bond acceptors (Lipinski definition) is 2. The topological polar surface area (TPSA) is 40.5 Å². The van der Waals surface area contributed by atoms with Gasteiger partial charge in [-0.1, -0.05) is 20.8 Å². The van der Waals surface area contributed by atoms with E-state index in [2.05, 4.69) is 20.8 Å². The van der Waals surface area contributed by atoms with Gasteiger partial charge in [-0.25, -0.2) is 0 Å². The molecule has 2 aliphatic rings. The molecule has 0 radical (unpaired) electrons. The minimum absolute atomic E-state index is 0.0278. The van der Waals surface area contributed by atoms with E-state index in [0.717, 1.165) is 12.8 Å². The van der Waals surface area contributed by atoms with Crippen LogP contribution >= 0.6 is 0 Å². The van der Waals surface area contributed by atoms with Crippen molar-refractivity contribution in [1.82, 2.24) is 0 Å². The second-order valence-corrected chi connectivity index (χ2v) is 6.36. The van der Waals surface area contributed by atoms with Gasteiger partial charge < -0.3 is 10.2 Å². The molecule has 0 aromatic rings. The van der Waals surface area contributed by atoms with E-state index in [9.17, 15) is 10.2 Å².